The molecule has 1 atom stereocenters. The van der Waals surface area contributed by atoms with E-state index in [-0.39, 0.29) is 23.5 Å². The molecular formula is C14H15Cl2NO3S. The molecule has 4 nitrogen and oxygen atoms in total. The van der Waals surface area contributed by atoms with Crippen LogP contribution in [0.4, 0.5) is 0 Å². The average molecular weight is 348 g/mol. The van der Waals surface area contributed by atoms with Crippen molar-refractivity contribution < 1.29 is 13.2 Å². The van der Waals surface area contributed by atoms with Crippen LogP contribution in [0.3, 0.4) is 0 Å². The van der Waals surface area contributed by atoms with Gasteiger partial charge in [0.2, 0.25) is 5.91 Å². The summed E-state index contributed by atoms with van der Waals surface area (Å²) in [6.07, 6.45) is 3.47. The van der Waals surface area contributed by atoms with Crippen LogP contribution in [-0.2, 0) is 14.6 Å². The molecule has 21 heavy (non-hydrogen) atoms. The van der Waals surface area contributed by atoms with Crippen LogP contribution in [0.2, 0.25) is 10.0 Å². The van der Waals surface area contributed by atoms with Crippen LogP contribution in [0.5, 0.6) is 0 Å². The number of rotatable bonds is 3. The third-order valence-corrected chi connectivity index (χ3v) is 5.78. The first-order chi connectivity index (χ1) is 9.78. The van der Waals surface area contributed by atoms with Gasteiger partial charge in [-0.3, -0.25) is 4.79 Å². The third-order valence-electron chi connectivity index (χ3n) is 3.47. The van der Waals surface area contributed by atoms with Gasteiger partial charge < -0.3 is 4.90 Å². The van der Waals surface area contributed by atoms with E-state index in [9.17, 15) is 13.2 Å². The predicted octanol–water partition coefficient (Wildman–Crippen LogP) is 2.65. The summed E-state index contributed by atoms with van der Waals surface area (Å²) in [4.78, 5) is 13.5. The highest BCUT2D eigenvalue weighted by Crippen LogP contribution is 2.22. The number of carbonyl (C=O) groups is 1. The lowest BCUT2D eigenvalue weighted by atomic mass is 10.2. The molecule has 1 aromatic carbocycles. The quantitative estimate of drug-likeness (QED) is 0.789. The second kappa shape index (κ2) is 6.38. The molecule has 1 aromatic rings. The van der Waals surface area contributed by atoms with E-state index in [1.807, 2.05) is 0 Å². The first-order valence-corrected chi connectivity index (χ1v) is 8.96. The zero-order chi connectivity index (χ0) is 15.6. The zero-order valence-corrected chi connectivity index (χ0v) is 13.7. The van der Waals surface area contributed by atoms with Gasteiger partial charge in [-0.05, 0) is 30.2 Å². The van der Waals surface area contributed by atoms with Crippen molar-refractivity contribution in [2.75, 3.05) is 18.6 Å². The standard InChI is InChI=1S/C14H15Cl2NO3S/c1-17(12-6-7-21(19,20)9-12)14(18)5-3-10-2-4-11(15)8-13(10)16/h2-5,8,12H,6-7,9H2,1H3/b5-3+. The summed E-state index contributed by atoms with van der Waals surface area (Å²) in [5.41, 5.74) is 0.682. The summed E-state index contributed by atoms with van der Waals surface area (Å²) in [6.45, 7) is 0. The van der Waals surface area contributed by atoms with Crippen LogP contribution >= 0.6 is 23.2 Å². The van der Waals surface area contributed by atoms with E-state index in [1.54, 1.807) is 31.3 Å². The molecule has 2 rings (SSSR count). The Kier molecular flexibility index (Phi) is 4.96. The minimum Gasteiger partial charge on any atom is -0.338 e. The van der Waals surface area contributed by atoms with Gasteiger partial charge in [-0.2, -0.15) is 0 Å². The molecule has 0 aliphatic carbocycles. The summed E-state index contributed by atoms with van der Waals surface area (Å²) in [6, 6.07) is 4.74. The van der Waals surface area contributed by atoms with Gasteiger partial charge in [0, 0.05) is 29.2 Å². The molecule has 0 saturated carbocycles. The van der Waals surface area contributed by atoms with Gasteiger partial charge in [0.1, 0.15) is 0 Å². The Morgan fingerprint density at radius 1 is 1.38 bits per heavy atom. The Morgan fingerprint density at radius 3 is 2.67 bits per heavy atom. The molecule has 1 aliphatic rings. The maximum absolute atomic E-state index is 12.1. The first kappa shape index (κ1) is 16.3. The summed E-state index contributed by atoms with van der Waals surface area (Å²) < 4.78 is 22.9. The van der Waals surface area contributed by atoms with Crippen molar-refractivity contribution in [3.63, 3.8) is 0 Å². The predicted molar refractivity (Wildman–Crippen MR) is 85.3 cm³/mol. The largest absolute Gasteiger partial charge is 0.338 e. The number of amides is 1. The van der Waals surface area contributed by atoms with Crippen molar-refractivity contribution in [2.45, 2.75) is 12.5 Å². The van der Waals surface area contributed by atoms with Crippen LogP contribution < -0.4 is 0 Å². The molecular weight excluding hydrogens is 333 g/mol. The highest BCUT2D eigenvalue weighted by Gasteiger charge is 2.31. The maximum atomic E-state index is 12.1. The van der Waals surface area contributed by atoms with Gasteiger partial charge in [0.05, 0.1) is 11.5 Å². The Labute approximate surface area is 134 Å². The Balaban J connectivity index is 2.05. The van der Waals surface area contributed by atoms with Crippen molar-refractivity contribution in [1.29, 1.82) is 0 Å². The maximum Gasteiger partial charge on any atom is 0.246 e. The highest BCUT2D eigenvalue weighted by atomic mass is 35.5. The average Bonchev–Trinajstić information content (AvgIpc) is 2.77. The minimum absolute atomic E-state index is 0.0325. The number of likely N-dealkylation sites (N-methyl/N-ethyl adjacent to an activating group) is 1. The minimum atomic E-state index is -3.01. The fourth-order valence-corrected chi connectivity index (χ4v) is 4.42. The Hall–Kier alpha value is -1.04. The molecule has 0 aromatic heterocycles. The monoisotopic (exact) mass is 347 g/mol. The van der Waals surface area contributed by atoms with Crippen LogP contribution in [-0.4, -0.2) is 43.8 Å². The smallest absolute Gasteiger partial charge is 0.246 e. The first-order valence-electron chi connectivity index (χ1n) is 6.39. The second-order valence-electron chi connectivity index (χ2n) is 5.01. The van der Waals surface area contributed by atoms with Crippen LogP contribution in [0.1, 0.15) is 12.0 Å². The highest BCUT2D eigenvalue weighted by molar-refractivity contribution is 7.91. The van der Waals surface area contributed by atoms with E-state index in [4.69, 9.17) is 23.2 Å². The molecule has 1 amide bonds. The van der Waals surface area contributed by atoms with E-state index in [0.717, 1.165) is 0 Å². The van der Waals surface area contributed by atoms with Crippen LogP contribution in [0, 0.1) is 0 Å². The lowest BCUT2D eigenvalue weighted by Gasteiger charge is -2.21. The SMILES string of the molecule is CN(C(=O)/C=C/c1ccc(Cl)cc1Cl)C1CCS(=O)(=O)C1. The van der Waals surface area contributed by atoms with E-state index >= 15 is 0 Å². The zero-order valence-electron chi connectivity index (χ0n) is 11.4. The van der Waals surface area contributed by atoms with E-state index in [0.29, 0.717) is 22.0 Å². The van der Waals surface area contributed by atoms with Gasteiger partial charge >= 0.3 is 0 Å². The van der Waals surface area contributed by atoms with Crippen LogP contribution in [0.15, 0.2) is 24.3 Å². The molecule has 0 bridgehead atoms. The van der Waals surface area contributed by atoms with E-state index in [2.05, 4.69) is 0 Å². The van der Waals surface area contributed by atoms with Crippen molar-refractivity contribution >= 4 is 45.0 Å². The molecule has 1 heterocycles. The number of hydrogen-bond donors (Lipinski definition) is 0. The lowest BCUT2D eigenvalue weighted by molar-refractivity contribution is -0.126. The van der Waals surface area contributed by atoms with Gasteiger partial charge in [0.15, 0.2) is 9.84 Å². The van der Waals surface area contributed by atoms with Crippen molar-refractivity contribution in [3.05, 3.63) is 39.9 Å². The topological polar surface area (TPSA) is 54.5 Å². The number of halogens is 2. The van der Waals surface area contributed by atoms with Gasteiger partial charge in [0.25, 0.3) is 0 Å². The molecule has 1 fully saturated rings. The summed E-state index contributed by atoms with van der Waals surface area (Å²) >= 11 is 11.8. The second-order valence-corrected chi connectivity index (χ2v) is 8.08. The summed E-state index contributed by atoms with van der Waals surface area (Å²) in [5, 5.41) is 0.981. The van der Waals surface area contributed by atoms with Crippen molar-refractivity contribution in [3.8, 4) is 0 Å². The summed E-state index contributed by atoms with van der Waals surface area (Å²) in [7, 11) is -1.39. The van der Waals surface area contributed by atoms with Gasteiger partial charge in [-0.1, -0.05) is 29.3 Å². The number of sulfone groups is 1. The van der Waals surface area contributed by atoms with Crippen molar-refractivity contribution in [1.82, 2.24) is 4.90 Å². The molecule has 1 saturated heterocycles. The van der Waals surface area contributed by atoms with E-state index < -0.39 is 9.84 Å². The molecule has 7 heteroatoms. The van der Waals surface area contributed by atoms with Gasteiger partial charge in [-0.15, -0.1) is 0 Å². The Bertz CT molecular complexity index is 685. The normalized spacial score (nSPS) is 20.8. The number of benzene rings is 1. The Morgan fingerprint density at radius 2 is 2.10 bits per heavy atom. The number of hydrogen-bond acceptors (Lipinski definition) is 3. The molecule has 0 N–H and O–H groups in total. The number of nitrogens with zero attached hydrogens (tertiary/aromatic N) is 1. The fraction of sp³-hybridized carbons (Fsp3) is 0.357. The molecule has 114 valence electrons. The molecule has 0 spiro atoms. The van der Waals surface area contributed by atoms with Crippen molar-refractivity contribution in [2.24, 2.45) is 0 Å². The third kappa shape index (κ3) is 4.22. The molecule has 1 unspecified atom stereocenters. The number of carbonyl (C=O) groups excluding carboxylic acids is 1. The van der Waals surface area contributed by atoms with Crippen LogP contribution in [0.25, 0.3) is 6.08 Å². The lowest BCUT2D eigenvalue weighted by Crippen LogP contribution is -2.36. The molecule has 0 radical (unpaired) electrons. The van der Waals surface area contributed by atoms with E-state index in [1.165, 1.54) is 11.0 Å². The van der Waals surface area contributed by atoms with Gasteiger partial charge in [-0.25, -0.2) is 8.42 Å². The fourth-order valence-electron chi connectivity index (χ4n) is 2.18. The molecule has 1 aliphatic heterocycles. The summed E-state index contributed by atoms with van der Waals surface area (Å²) in [5.74, 6) is -0.0737.